The van der Waals surface area contributed by atoms with Crippen molar-refractivity contribution >= 4 is 21.7 Å². The standard InChI is InChI=1S/C13H11BrF3N3/c1-8-2-3-18-5-9(8)6-19-12-11(13(15,16)17)4-10(14)7-20-12/h2-5,7H,6H2,1H3,(H,19,20). The smallest absolute Gasteiger partial charge is 0.365 e. The largest absolute Gasteiger partial charge is 0.419 e. The van der Waals surface area contributed by atoms with Gasteiger partial charge in [-0.3, -0.25) is 4.98 Å². The van der Waals surface area contributed by atoms with E-state index in [4.69, 9.17) is 0 Å². The topological polar surface area (TPSA) is 37.8 Å². The van der Waals surface area contributed by atoms with Crippen LogP contribution in [-0.4, -0.2) is 9.97 Å². The molecule has 20 heavy (non-hydrogen) atoms. The number of pyridine rings is 2. The van der Waals surface area contributed by atoms with Crippen LogP contribution in [0.2, 0.25) is 0 Å². The normalized spacial score (nSPS) is 11.4. The van der Waals surface area contributed by atoms with Gasteiger partial charge in [-0.15, -0.1) is 0 Å². The quantitative estimate of drug-likeness (QED) is 0.906. The number of hydrogen-bond acceptors (Lipinski definition) is 3. The maximum absolute atomic E-state index is 12.9. The Hall–Kier alpha value is -1.63. The molecule has 0 saturated heterocycles. The predicted molar refractivity (Wildman–Crippen MR) is 73.2 cm³/mol. The average molecular weight is 346 g/mol. The molecule has 0 unspecified atom stereocenters. The van der Waals surface area contributed by atoms with Gasteiger partial charge in [0.15, 0.2) is 0 Å². The second kappa shape index (κ2) is 5.78. The van der Waals surface area contributed by atoms with Crippen molar-refractivity contribution in [1.82, 2.24) is 9.97 Å². The summed E-state index contributed by atoms with van der Waals surface area (Å²) in [6.07, 6.45) is 0.128. The highest BCUT2D eigenvalue weighted by molar-refractivity contribution is 9.10. The van der Waals surface area contributed by atoms with E-state index in [1.165, 1.54) is 6.20 Å². The molecule has 2 heterocycles. The van der Waals surface area contributed by atoms with E-state index < -0.39 is 11.7 Å². The number of anilines is 1. The Bertz CT molecular complexity index is 614. The molecule has 0 aliphatic heterocycles. The van der Waals surface area contributed by atoms with Crippen molar-refractivity contribution in [2.45, 2.75) is 19.6 Å². The highest BCUT2D eigenvalue weighted by Crippen LogP contribution is 2.35. The van der Waals surface area contributed by atoms with Crippen LogP contribution in [0.1, 0.15) is 16.7 Å². The van der Waals surface area contributed by atoms with Crippen molar-refractivity contribution in [2.24, 2.45) is 0 Å². The van der Waals surface area contributed by atoms with E-state index in [2.05, 4.69) is 31.2 Å². The van der Waals surface area contributed by atoms with Gasteiger partial charge in [-0.25, -0.2) is 4.98 Å². The molecule has 0 aliphatic rings. The van der Waals surface area contributed by atoms with Crippen LogP contribution in [0, 0.1) is 6.92 Å². The van der Waals surface area contributed by atoms with E-state index in [1.54, 1.807) is 18.5 Å². The second-order valence-corrected chi connectivity index (χ2v) is 5.12. The summed E-state index contributed by atoms with van der Waals surface area (Å²) < 4.78 is 39.0. The van der Waals surface area contributed by atoms with Gasteiger partial charge in [0, 0.05) is 29.6 Å². The van der Waals surface area contributed by atoms with E-state index in [0.29, 0.717) is 0 Å². The van der Waals surface area contributed by atoms with Gasteiger partial charge in [-0.2, -0.15) is 13.2 Å². The van der Waals surface area contributed by atoms with E-state index in [1.807, 2.05) is 6.92 Å². The maximum Gasteiger partial charge on any atom is 0.419 e. The third kappa shape index (κ3) is 3.47. The first-order valence-electron chi connectivity index (χ1n) is 5.74. The Labute approximate surface area is 122 Å². The third-order valence-corrected chi connectivity index (χ3v) is 3.19. The van der Waals surface area contributed by atoms with E-state index in [9.17, 15) is 13.2 Å². The first kappa shape index (κ1) is 14.8. The molecule has 0 radical (unpaired) electrons. The highest BCUT2D eigenvalue weighted by atomic mass is 79.9. The molecule has 3 nitrogen and oxygen atoms in total. The number of alkyl halides is 3. The minimum absolute atomic E-state index is 0.191. The summed E-state index contributed by atoms with van der Waals surface area (Å²) in [7, 11) is 0. The molecule has 0 aliphatic carbocycles. The Morgan fingerprint density at radius 3 is 2.70 bits per heavy atom. The lowest BCUT2D eigenvalue weighted by Crippen LogP contribution is -2.13. The van der Waals surface area contributed by atoms with Crippen molar-refractivity contribution in [2.75, 3.05) is 5.32 Å². The van der Waals surface area contributed by atoms with Crippen molar-refractivity contribution in [3.63, 3.8) is 0 Å². The predicted octanol–water partition coefficient (Wildman–Crippen LogP) is 4.18. The lowest BCUT2D eigenvalue weighted by molar-refractivity contribution is -0.137. The minimum Gasteiger partial charge on any atom is -0.365 e. The zero-order valence-electron chi connectivity index (χ0n) is 10.5. The number of nitrogens with one attached hydrogen (secondary N) is 1. The number of rotatable bonds is 3. The molecule has 0 bridgehead atoms. The zero-order valence-corrected chi connectivity index (χ0v) is 12.1. The van der Waals surface area contributed by atoms with Crippen LogP contribution in [-0.2, 0) is 12.7 Å². The summed E-state index contributed by atoms with van der Waals surface area (Å²) in [6.45, 7) is 2.11. The molecule has 106 valence electrons. The van der Waals surface area contributed by atoms with Gasteiger partial charge in [0.1, 0.15) is 5.82 Å². The molecule has 7 heteroatoms. The number of halogens is 4. The zero-order chi connectivity index (χ0) is 14.8. The maximum atomic E-state index is 12.9. The van der Waals surface area contributed by atoms with E-state index >= 15 is 0 Å². The van der Waals surface area contributed by atoms with Crippen molar-refractivity contribution in [3.8, 4) is 0 Å². The first-order chi connectivity index (χ1) is 9.38. The van der Waals surface area contributed by atoms with Gasteiger partial charge in [0.25, 0.3) is 0 Å². The molecular formula is C13H11BrF3N3. The average Bonchev–Trinajstić information content (AvgIpc) is 2.38. The SMILES string of the molecule is Cc1ccncc1CNc1ncc(Br)cc1C(F)(F)F. The van der Waals surface area contributed by atoms with Crippen LogP contribution in [0.15, 0.2) is 35.2 Å². The minimum atomic E-state index is -4.46. The fourth-order valence-electron chi connectivity index (χ4n) is 1.66. The lowest BCUT2D eigenvalue weighted by Gasteiger charge is -2.14. The van der Waals surface area contributed by atoms with Crippen molar-refractivity contribution in [1.29, 1.82) is 0 Å². The molecule has 2 rings (SSSR count). The fraction of sp³-hybridized carbons (Fsp3) is 0.231. The van der Waals surface area contributed by atoms with Crippen LogP contribution in [0.3, 0.4) is 0 Å². The van der Waals surface area contributed by atoms with Gasteiger partial charge in [0.2, 0.25) is 0 Å². The molecule has 0 atom stereocenters. The molecule has 0 saturated carbocycles. The lowest BCUT2D eigenvalue weighted by atomic mass is 10.1. The third-order valence-electron chi connectivity index (χ3n) is 2.75. The van der Waals surface area contributed by atoms with E-state index in [-0.39, 0.29) is 16.8 Å². The molecule has 0 spiro atoms. The number of hydrogen-bond donors (Lipinski definition) is 1. The van der Waals surface area contributed by atoms with Gasteiger partial charge < -0.3 is 5.32 Å². The van der Waals surface area contributed by atoms with Crippen LogP contribution >= 0.6 is 15.9 Å². The summed E-state index contributed by atoms with van der Waals surface area (Å²) in [6, 6.07) is 2.81. The van der Waals surface area contributed by atoms with Crippen LogP contribution in [0.4, 0.5) is 19.0 Å². The van der Waals surface area contributed by atoms with Crippen LogP contribution in [0.25, 0.3) is 0 Å². The first-order valence-corrected chi connectivity index (χ1v) is 6.53. The van der Waals surface area contributed by atoms with Gasteiger partial charge in [0.05, 0.1) is 5.56 Å². The molecule has 0 fully saturated rings. The van der Waals surface area contributed by atoms with Gasteiger partial charge >= 0.3 is 6.18 Å². The summed E-state index contributed by atoms with van der Waals surface area (Å²) >= 11 is 3.00. The Morgan fingerprint density at radius 1 is 1.30 bits per heavy atom. The van der Waals surface area contributed by atoms with Crippen LogP contribution < -0.4 is 5.32 Å². The highest BCUT2D eigenvalue weighted by Gasteiger charge is 2.34. The number of nitrogens with zero attached hydrogens (tertiary/aromatic N) is 2. The van der Waals surface area contributed by atoms with Crippen molar-refractivity contribution in [3.05, 3.63) is 51.9 Å². The summed E-state index contributed by atoms with van der Waals surface area (Å²) in [4.78, 5) is 7.74. The molecule has 0 aromatic carbocycles. The van der Waals surface area contributed by atoms with Crippen LogP contribution in [0.5, 0.6) is 0 Å². The molecule has 1 N–H and O–H groups in total. The Kier molecular flexibility index (Phi) is 4.27. The number of aryl methyl sites for hydroxylation is 1. The molecular weight excluding hydrogens is 335 g/mol. The monoisotopic (exact) mass is 345 g/mol. The Morgan fingerprint density at radius 2 is 2.05 bits per heavy atom. The van der Waals surface area contributed by atoms with Gasteiger partial charge in [-0.1, -0.05) is 0 Å². The molecule has 0 amide bonds. The Balaban J connectivity index is 2.24. The fourth-order valence-corrected chi connectivity index (χ4v) is 1.99. The van der Waals surface area contributed by atoms with Crippen molar-refractivity contribution < 1.29 is 13.2 Å². The van der Waals surface area contributed by atoms with E-state index in [0.717, 1.165) is 17.2 Å². The molecule has 2 aromatic heterocycles. The molecule has 2 aromatic rings. The van der Waals surface area contributed by atoms with Gasteiger partial charge in [-0.05, 0) is 46.1 Å². The summed E-state index contributed by atoms with van der Waals surface area (Å²) in [5.74, 6) is -0.191. The second-order valence-electron chi connectivity index (χ2n) is 4.20. The summed E-state index contributed by atoms with van der Waals surface area (Å²) in [5, 5.41) is 2.71. The summed E-state index contributed by atoms with van der Waals surface area (Å²) in [5.41, 5.74) is 0.983. The number of aromatic nitrogens is 2.